The molecule has 0 amide bonds. The van der Waals surface area contributed by atoms with Crippen LogP contribution in [0.2, 0.25) is 0 Å². The van der Waals surface area contributed by atoms with Crippen molar-refractivity contribution < 1.29 is 0 Å². The molecule has 4 heterocycles. The average molecular weight is 801 g/mol. The van der Waals surface area contributed by atoms with E-state index in [0.29, 0.717) is 11.1 Å². The lowest BCUT2D eigenvalue weighted by Gasteiger charge is -2.27. The van der Waals surface area contributed by atoms with Crippen LogP contribution in [0.5, 0.6) is 0 Å². The number of fused-ring (bicyclic) bond motifs is 6. The molecule has 4 aromatic heterocycles. The van der Waals surface area contributed by atoms with E-state index >= 15 is 0 Å². The van der Waals surface area contributed by atoms with Crippen LogP contribution in [0.4, 0.5) is 34.1 Å². The standard InChI is InChI=1S/C52H28N6S2/c53-27-31-9-13-35(14-10-31)57(37-17-19-43-41-5-1-3-7-47(41)59-49(43)25-37)39-21-33-29-56-46-24-40(22-34-30-55-45(23-39)51(33)52(34)46)58(36-15-11-32(28-54)12-16-36)38-18-20-44-42-6-2-4-8-48(42)60-50(44)26-38/h1-26,29-30H. The summed E-state index contributed by atoms with van der Waals surface area (Å²) in [7, 11) is 0. The molecule has 8 aromatic carbocycles. The second-order valence-electron chi connectivity index (χ2n) is 14.9. The van der Waals surface area contributed by atoms with Crippen LogP contribution in [0.25, 0.3) is 72.9 Å². The molecule has 0 unspecified atom stereocenters. The van der Waals surface area contributed by atoms with Crippen molar-refractivity contribution in [3.63, 3.8) is 0 Å². The van der Waals surface area contributed by atoms with Crippen molar-refractivity contribution in [1.82, 2.24) is 9.97 Å². The van der Waals surface area contributed by atoms with Gasteiger partial charge in [0.05, 0.1) is 34.3 Å². The Balaban J connectivity index is 1.01. The second kappa shape index (κ2) is 13.3. The summed E-state index contributed by atoms with van der Waals surface area (Å²) in [6, 6.07) is 59.1. The first kappa shape index (κ1) is 34.2. The summed E-state index contributed by atoms with van der Waals surface area (Å²) < 4.78 is 4.93. The molecular weight excluding hydrogens is 773 g/mol. The van der Waals surface area contributed by atoms with Crippen molar-refractivity contribution in [3.05, 3.63) is 181 Å². The summed E-state index contributed by atoms with van der Waals surface area (Å²) in [6.07, 6.45) is 3.92. The Bertz CT molecular complexity index is 3450. The summed E-state index contributed by atoms with van der Waals surface area (Å²) in [5.41, 5.74) is 8.77. The number of aromatic nitrogens is 2. The first-order valence-electron chi connectivity index (χ1n) is 19.5. The number of rotatable bonds is 6. The highest BCUT2D eigenvalue weighted by Crippen LogP contribution is 2.46. The van der Waals surface area contributed by atoms with Crippen molar-refractivity contribution in [1.29, 1.82) is 10.5 Å². The number of nitriles is 2. The van der Waals surface area contributed by atoms with Gasteiger partial charge in [0.25, 0.3) is 0 Å². The molecule has 0 saturated heterocycles. The van der Waals surface area contributed by atoms with Crippen molar-refractivity contribution in [3.8, 4) is 12.1 Å². The van der Waals surface area contributed by atoms with E-state index in [9.17, 15) is 10.5 Å². The molecule has 278 valence electrons. The minimum absolute atomic E-state index is 0.609. The van der Waals surface area contributed by atoms with E-state index < -0.39 is 0 Å². The monoisotopic (exact) mass is 800 g/mol. The zero-order valence-electron chi connectivity index (χ0n) is 31.7. The quantitative estimate of drug-likeness (QED) is 0.156. The van der Waals surface area contributed by atoms with Gasteiger partial charge >= 0.3 is 0 Å². The van der Waals surface area contributed by atoms with E-state index in [2.05, 4.69) is 131 Å². The SMILES string of the molecule is N#Cc1ccc(N(c2cc3cnc4cc(N(c5ccc(C#N)cc5)c5ccc6c(c5)sc5ccccc56)cc5cnc(c2)c3c54)c2ccc3c(c2)sc2ccccc23)cc1. The van der Waals surface area contributed by atoms with Gasteiger partial charge < -0.3 is 9.80 Å². The van der Waals surface area contributed by atoms with E-state index in [4.69, 9.17) is 9.97 Å². The van der Waals surface area contributed by atoms with Gasteiger partial charge in [0, 0.05) is 108 Å². The molecule has 0 aliphatic rings. The van der Waals surface area contributed by atoms with Crippen molar-refractivity contribution in [2.75, 3.05) is 9.80 Å². The number of hydrogen-bond donors (Lipinski definition) is 0. The van der Waals surface area contributed by atoms with Gasteiger partial charge in [-0.2, -0.15) is 10.5 Å². The lowest BCUT2D eigenvalue weighted by molar-refractivity contribution is 1.28. The summed E-state index contributed by atoms with van der Waals surface area (Å²) in [5.74, 6) is 0. The molecule has 0 spiro atoms. The number of anilines is 6. The van der Waals surface area contributed by atoms with Crippen LogP contribution in [0.15, 0.2) is 170 Å². The molecule has 0 aliphatic carbocycles. The van der Waals surface area contributed by atoms with Gasteiger partial charge in [-0.3, -0.25) is 9.97 Å². The van der Waals surface area contributed by atoms with Crippen LogP contribution in [-0.2, 0) is 0 Å². The number of thiophene rings is 2. The van der Waals surface area contributed by atoms with Crippen LogP contribution in [0, 0.1) is 22.7 Å². The molecule has 0 bridgehead atoms. The van der Waals surface area contributed by atoms with Crippen molar-refractivity contribution in [2.45, 2.75) is 0 Å². The fourth-order valence-electron chi connectivity index (χ4n) is 8.73. The van der Waals surface area contributed by atoms with Gasteiger partial charge in [0.2, 0.25) is 0 Å². The highest BCUT2D eigenvalue weighted by molar-refractivity contribution is 7.26. The predicted molar refractivity (Wildman–Crippen MR) is 250 cm³/mol. The minimum atomic E-state index is 0.609. The van der Waals surface area contributed by atoms with Gasteiger partial charge in [-0.25, -0.2) is 0 Å². The molecule has 0 saturated carbocycles. The Kier molecular flexibility index (Phi) is 7.60. The molecule has 0 atom stereocenters. The third-order valence-corrected chi connectivity index (χ3v) is 13.7. The first-order valence-corrected chi connectivity index (χ1v) is 21.1. The molecule has 8 heteroatoms. The summed E-state index contributed by atoms with van der Waals surface area (Å²) in [6.45, 7) is 0. The van der Waals surface area contributed by atoms with Crippen LogP contribution in [0.1, 0.15) is 11.1 Å². The third-order valence-electron chi connectivity index (χ3n) is 11.5. The van der Waals surface area contributed by atoms with Gasteiger partial charge in [0.15, 0.2) is 0 Å². The molecule has 0 fully saturated rings. The Hall–Kier alpha value is -7.88. The lowest BCUT2D eigenvalue weighted by atomic mass is 9.99. The topological polar surface area (TPSA) is 79.8 Å². The maximum atomic E-state index is 9.62. The Morgan fingerprint density at radius 3 is 1.22 bits per heavy atom. The summed E-state index contributed by atoms with van der Waals surface area (Å²) in [4.78, 5) is 14.7. The van der Waals surface area contributed by atoms with E-state index in [1.165, 1.54) is 40.3 Å². The largest absolute Gasteiger partial charge is 0.310 e. The third kappa shape index (κ3) is 5.37. The highest BCUT2D eigenvalue weighted by Gasteiger charge is 2.21. The maximum absolute atomic E-state index is 9.62. The molecule has 0 radical (unpaired) electrons. The minimum Gasteiger partial charge on any atom is -0.310 e. The smallest absolute Gasteiger partial charge is 0.0991 e. The fourth-order valence-corrected chi connectivity index (χ4v) is 11.0. The predicted octanol–water partition coefficient (Wildman–Crippen LogP) is 14.8. The number of hydrogen-bond acceptors (Lipinski definition) is 8. The zero-order chi connectivity index (χ0) is 39.9. The van der Waals surface area contributed by atoms with Crippen LogP contribution in [-0.4, -0.2) is 9.97 Å². The maximum Gasteiger partial charge on any atom is 0.0991 e. The first-order chi connectivity index (χ1) is 29.6. The average Bonchev–Trinajstić information content (AvgIpc) is 3.86. The molecule has 12 aromatic rings. The van der Waals surface area contributed by atoms with Crippen LogP contribution in [0.3, 0.4) is 0 Å². The second-order valence-corrected chi connectivity index (χ2v) is 17.1. The van der Waals surface area contributed by atoms with Crippen LogP contribution >= 0.6 is 22.7 Å². The molecule has 12 rings (SSSR count). The van der Waals surface area contributed by atoms with E-state index in [1.54, 1.807) is 22.7 Å². The van der Waals surface area contributed by atoms with E-state index in [1.807, 2.05) is 60.9 Å². The fraction of sp³-hybridized carbons (Fsp3) is 0. The van der Waals surface area contributed by atoms with Crippen molar-refractivity contribution >= 4 is 130 Å². The Labute approximate surface area is 351 Å². The van der Waals surface area contributed by atoms with E-state index in [0.717, 1.165) is 66.7 Å². The van der Waals surface area contributed by atoms with Gasteiger partial charge in [0.1, 0.15) is 0 Å². The highest BCUT2D eigenvalue weighted by atomic mass is 32.1. The number of benzene rings is 8. The molecule has 0 aliphatic heterocycles. The normalized spacial score (nSPS) is 11.6. The van der Waals surface area contributed by atoms with Crippen LogP contribution < -0.4 is 9.80 Å². The van der Waals surface area contributed by atoms with Gasteiger partial charge in [-0.1, -0.05) is 48.5 Å². The van der Waals surface area contributed by atoms with Gasteiger partial charge in [-0.15, -0.1) is 22.7 Å². The van der Waals surface area contributed by atoms with E-state index in [-0.39, 0.29) is 0 Å². The number of pyridine rings is 2. The summed E-state index contributed by atoms with van der Waals surface area (Å²) >= 11 is 3.59. The molecule has 0 N–H and O–H groups in total. The molecular formula is C52H28N6S2. The van der Waals surface area contributed by atoms with Crippen molar-refractivity contribution in [2.24, 2.45) is 0 Å². The molecule has 60 heavy (non-hydrogen) atoms. The number of nitrogens with zero attached hydrogens (tertiary/aromatic N) is 6. The molecule has 6 nitrogen and oxygen atoms in total. The Morgan fingerprint density at radius 1 is 0.383 bits per heavy atom. The Morgan fingerprint density at radius 2 is 0.783 bits per heavy atom. The summed E-state index contributed by atoms with van der Waals surface area (Å²) in [5, 5.41) is 28.3. The zero-order valence-corrected chi connectivity index (χ0v) is 33.3. The van der Waals surface area contributed by atoms with Gasteiger partial charge in [-0.05, 0) is 109 Å². The lowest BCUT2D eigenvalue weighted by Crippen LogP contribution is -2.11.